The predicted molar refractivity (Wildman–Crippen MR) is 75.1 cm³/mol. The van der Waals surface area contributed by atoms with E-state index in [4.69, 9.17) is 4.74 Å². The molecule has 1 aliphatic heterocycles. The first-order valence-electron chi connectivity index (χ1n) is 7.02. The molecule has 0 radical (unpaired) electrons. The Kier molecular flexibility index (Phi) is 5.21. The van der Waals surface area contributed by atoms with E-state index in [1.165, 1.54) is 0 Å². The molecule has 2 rings (SSSR count). The fourth-order valence-electron chi connectivity index (χ4n) is 2.14. The summed E-state index contributed by atoms with van der Waals surface area (Å²) in [7, 11) is 0. The Hall–Kier alpha value is -1.55. The van der Waals surface area contributed by atoms with Crippen molar-refractivity contribution in [3.63, 3.8) is 0 Å². The van der Waals surface area contributed by atoms with Crippen molar-refractivity contribution >= 4 is 5.91 Å². The molecule has 1 amide bonds. The van der Waals surface area contributed by atoms with Gasteiger partial charge in [0.15, 0.2) is 0 Å². The Balaban J connectivity index is 1.77. The summed E-state index contributed by atoms with van der Waals surface area (Å²) >= 11 is 0. The second-order valence-electron chi connectivity index (χ2n) is 4.86. The van der Waals surface area contributed by atoms with Crippen LogP contribution in [0.1, 0.15) is 31.7 Å². The third kappa shape index (κ3) is 4.24. The van der Waals surface area contributed by atoms with Gasteiger partial charge in [-0.3, -0.25) is 4.79 Å². The largest absolute Gasteiger partial charge is 0.494 e. The number of carbonyl (C=O) groups excluding carboxylic acids is 1. The third-order valence-corrected chi connectivity index (χ3v) is 3.24. The van der Waals surface area contributed by atoms with E-state index in [-0.39, 0.29) is 11.9 Å². The van der Waals surface area contributed by atoms with Gasteiger partial charge in [-0.1, -0.05) is 19.1 Å². The zero-order valence-electron chi connectivity index (χ0n) is 11.4. The number of nitrogens with one attached hydrogen (secondary N) is 2. The van der Waals surface area contributed by atoms with Crippen molar-refractivity contribution in [2.45, 2.75) is 38.8 Å². The first-order valence-corrected chi connectivity index (χ1v) is 7.02. The fourth-order valence-corrected chi connectivity index (χ4v) is 2.14. The van der Waals surface area contributed by atoms with Crippen molar-refractivity contribution in [1.82, 2.24) is 10.6 Å². The molecule has 104 valence electrons. The first kappa shape index (κ1) is 13.9. The van der Waals surface area contributed by atoms with Gasteiger partial charge in [0.05, 0.1) is 12.6 Å². The number of ether oxygens (including phenoxy) is 1. The number of benzene rings is 1. The van der Waals surface area contributed by atoms with Gasteiger partial charge in [-0.2, -0.15) is 0 Å². The number of rotatable bonds is 6. The normalized spacial score (nSPS) is 18.3. The molecule has 19 heavy (non-hydrogen) atoms. The van der Waals surface area contributed by atoms with Crippen LogP contribution < -0.4 is 15.4 Å². The number of carbonyl (C=O) groups is 1. The maximum Gasteiger partial charge on any atom is 0.237 e. The lowest BCUT2D eigenvalue weighted by Gasteiger charge is -2.11. The Morgan fingerprint density at radius 2 is 2.21 bits per heavy atom. The molecule has 1 aliphatic rings. The lowest BCUT2D eigenvalue weighted by molar-refractivity contribution is -0.122. The fraction of sp³-hybridized carbons (Fsp3) is 0.533. The molecule has 1 heterocycles. The van der Waals surface area contributed by atoms with Crippen LogP contribution in [0.15, 0.2) is 24.3 Å². The highest BCUT2D eigenvalue weighted by Crippen LogP contribution is 2.12. The highest BCUT2D eigenvalue weighted by Gasteiger charge is 2.21. The molecule has 0 spiro atoms. The number of amides is 1. The lowest BCUT2D eigenvalue weighted by atomic mass is 10.2. The summed E-state index contributed by atoms with van der Waals surface area (Å²) in [5, 5.41) is 6.15. The molecule has 1 saturated heterocycles. The molecule has 4 heteroatoms. The SMILES string of the molecule is CCCOc1ccc(CNC(=O)C2CCCN2)cc1. The predicted octanol–water partition coefficient (Wildman–Crippen LogP) is 1.84. The summed E-state index contributed by atoms with van der Waals surface area (Å²) in [6.07, 6.45) is 3.03. The molecule has 1 fully saturated rings. The second-order valence-corrected chi connectivity index (χ2v) is 4.86. The van der Waals surface area contributed by atoms with Crippen LogP contribution in [-0.4, -0.2) is 25.1 Å². The second kappa shape index (κ2) is 7.14. The molecule has 0 bridgehead atoms. The van der Waals surface area contributed by atoms with Gasteiger partial charge in [0.1, 0.15) is 5.75 Å². The minimum atomic E-state index is -0.00726. The van der Waals surface area contributed by atoms with E-state index in [1.807, 2.05) is 24.3 Å². The molecule has 4 nitrogen and oxygen atoms in total. The van der Waals surface area contributed by atoms with E-state index < -0.39 is 0 Å². The van der Waals surface area contributed by atoms with Gasteiger partial charge in [0.25, 0.3) is 0 Å². The lowest BCUT2D eigenvalue weighted by Crippen LogP contribution is -2.39. The van der Waals surface area contributed by atoms with Crippen molar-refractivity contribution in [2.75, 3.05) is 13.2 Å². The van der Waals surface area contributed by atoms with Crippen LogP contribution in [0.3, 0.4) is 0 Å². The molecule has 0 aliphatic carbocycles. The van der Waals surface area contributed by atoms with E-state index in [2.05, 4.69) is 17.6 Å². The van der Waals surface area contributed by atoms with Crippen LogP contribution in [0.5, 0.6) is 5.75 Å². The van der Waals surface area contributed by atoms with Crippen molar-refractivity contribution in [3.05, 3.63) is 29.8 Å². The minimum Gasteiger partial charge on any atom is -0.494 e. The molecule has 2 N–H and O–H groups in total. The van der Waals surface area contributed by atoms with Crippen LogP contribution >= 0.6 is 0 Å². The average Bonchev–Trinajstić information content (AvgIpc) is 2.98. The first-order chi connectivity index (χ1) is 9.29. The van der Waals surface area contributed by atoms with Crippen LogP contribution in [0.25, 0.3) is 0 Å². The van der Waals surface area contributed by atoms with Crippen molar-refractivity contribution < 1.29 is 9.53 Å². The number of hydrogen-bond acceptors (Lipinski definition) is 3. The zero-order valence-corrected chi connectivity index (χ0v) is 11.4. The van der Waals surface area contributed by atoms with E-state index in [0.717, 1.165) is 43.7 Å². The standard InChI is InChI=1S/C15H22N2O2/c1-2-10-19-13-7-5-12(6-8-13)11-17-15(18)14-4-3-9-16-14/h5-8,14,16H,2-4,9-11H2,1H3,(H,17,18). The Labute approximate surface area is 114 Å². The molecule has 1 atom stereocenters. The van der Waals surface area contributed by atoms with Crippen LogP contribution in [-0.2, 0) is 11.3 Å². The molecule has 1 unspecified atom stereocenters. The molecule has 0 aromatic heterocycles. The summed E-state index contributed by atoms with van der Waals surface area (Å²) in [5.74, 6) is 0.984. The molecule has 1 aromatic rings. The third-order valence-electron chi connectivity index (χ3n) is 3.24. The Morgan fingerprint density at radius 1 is 1.42 bits per heavy atom. The number of hydrogen-bond donors (Lipinski definition) is 2. The van der Waals surface area contributed by atoms with Crippen molar-refractivity contribution in [1.29, 1.82) is 0 Å². The summed E-state index contributed by atoms with van der Waals surface area (Å²) in [6.45, 7) is 4.34. The summed E-state index contributed by atoms with van der Waals surface area (Å²) in [5.41, 5.74) is 1.09. The maximum absolute atomic E-state index is 11.8. The van der Waals surface area contributed by atoms with Crippen molar-refractivity contribution in [2.24, 2.45) is 0 Å². The zero-order chi connectivity index (χ0) is 13.5. The van der Waals surface area contributed by atoms with Gasteiger partial charge >= 0.3 is 0 Å². The van der Waals surface area contributed by atoms with Crippen LogP contribution in [0, 0.1) is 0 Å². The maximum atomic E-state index is 11.8. The van der Waals surface area contributed by atoms with E-state index in [0.29, 0.717) is 6.54 Å². The van der Waals surface area contributed by atoms with E-state index >= 15 is 0 Å². The monoisotopic (exact) mass is 262 g/mol. The smallest absolute Gasteiger partial charge is 0.237 e. The van der Waals surface area contributed by atoms with E-state index in [9.17, 15) is 4.79 Å². The summed E-state index contributed by atoms with van der Waals surface area (Å²) in [6, 6.07) is 7.88. The van der Waals surface area contributed by atoms with Gasteiger partial charge in [-0.05, 0) is 43.5 Å². The van der Waals surface area contributed by atoms with Gasteiger partial charge in [0.2, 0.25) is 5.91 Å². The van der Waals surface area contributed by atoms with Gasteiger partial charge in [-0.25, -0.2) is 0 Å². The topological polar surface area (TPSA) is 50.4 Å². The highest BCUT2D eigenvalue weighted by atomic mass is 16.5. The Morgan fingerprint density at radius 3 is 2.84 bits per heavy atom. The average molecular weight is 262 g/mol. The van der Waals surface area contributed by atoms with Gasteiger partial charge in [-0.15, -0.1) is 0 Å². The van der Waals surface area contributed by atoms with Gasteiger partial charge in [0, 0.05) is 6.54 Å². The van der Waals surface area contributed by atoms with E-state index in [1.54, 1.807) is 0 Å². The minimum absolute atomic E-state index is 0.00726. The molecular weight excluding hydrogens is 240 g/mol. The van der Waals surface area contributed by atoms with Crippen molar-refractivity contribution in [3.8, 4) is 5.75 Å². The molecule has 1 aromatic carbocycles. The summed E-state index contributed by atoms with van der Waals surface area (Å²) in [4.78, 5) is 11.8. The van der Waals surface area contributed by atoms with Crippen LogP contribution in [0.2, 0.25) is 0 Å². The highest BCUT2D eigenvalue weighted by molar-refractivity contribution is 5.81. The molecule has 0 saturated carbocycles. The quantitative estimate of drug-likeness (QED) is 0.822. The molecular formula is C15H22N2O2. The van der Waals surface area contributed by atoms with Gasteiger partial charge < -0.3 is 15.4 Å². The summed E-state index contributed by atoms with van der Waals surface area (Å²) < 4.78 is 5.52. The Bertz CT molecular complexity index is 397. The van der Waals surface area contributed by atoms with Crippen LogP contribution in [0.4, 0.5) is 0 Å².